The number of nitrogens with one attached hydrogen (secondary N) is 1. The summed E-state index contributed by atoms with van der Waals surface area (Å²) in [6, 6.07) is 13.1. The zero-order chi connectivity index (χ0) is 22.3. The highest BCUT2D eigenvalue weighted by Gasteiger charge is 2.27. The Labute approximate surface area is 191 Å². The van der Waals surface area contributed by atoms with Gasteiger partial charge in [0.1, 0.15) is 6.54 Å². The molecule has 0 saturated heterocycles. The lowest BCUT2D eigenvalue weighted by Crippen LogP contribution is -2.41. The lowest BCUT2D eigenvalue weighted by atomic mass is 9.88. The van der Waals surface area contributed by atoms with Gasteiger partial charge in [-0.15, -0.1) is 11.3 Å². The third kappa shape index (κ3) is 5.70. The van der Waals surface area contributed by atoms with E-state index in [0.717, 1.165) is 42.6 Å². The Morgan fingerprint density at radius 3 is 2.53 bits per heavy atom. The molecule has 7 nitrogen and oxygen atoms in total. The molecule has 2 aromatic heterocycles. The highest BCUT2D eigenvalue weighted by atomic mass is 32.1. The van der Waals surface area contributed by atoms with Crippen LogP contribution in [0.3, 0.4) is 0 Å². The molecule has 0 radical (unpaired) electrons. The SMILES string of the molecule is Nc1nc(-c2ccc(NC(=O)CN(Cc3ccccn3)C(=O)C3CCCCC3)cc2)cs1. The molecule has 0 aliphatic heterocycles. The van der Waals surface area contributed by atoms with E-state index < -0.39 is 0 Å². The van der Waals surface area contributed by atoms with Crippen molar-refractivity contribution in [2.45, 2.75) is 38.6 Å². The van der Waals surface area contributed by atoms with Crippen LogP contribution in [-0.2, 0) is 16.1 Å². The number of nitrogen functional groups attached to an aromatic ring is 1. The lowest BCUT2D eigenvalue weighted by Gasteiger charge is -2.28. The Kier molecular flexibility index (Phi) is 7.11. The van der Waals surface area contributed by atoms with Crippen molar-refractivity contribution in [3.63, 3.8) is 0 Å². The summed E-state index contributed by atoms with van der Waals surface area (Å²) in [5, 5.41) is 5.32. The number of carbonyl (C=O) groups excluding carboxylic acids is 2. The van der Waals surface area contributed by atoms with Crippen LogP contribution in [0.4, 0.5) is 10.8 Å². The Morgan fingerprint density at radius 1 is 1.09 bits per heavy atom. The minimum Gasteiger partial charge on any atom is -0.375 e. The molecule has 2 heterocycles. The number of rotatable bonds is 7. The third-order valence-electron chi connectivity index (χ3n) is 5.67. The fourth-order valence-corrected chi connectivity index (χ4v) is 4.60. The van der Waals surface area contributed by atoms with Crippen molar-refractivity contribution < 1.29 is 9.59 Å². The standard InChI is InChI=1S/C24H27N5O2S/c25-24-28-21(16-32-24)17-9-11-19(12-10-17)27-22(30)15-29(14-20-8-4-5-13-26-20)23(31)18-6-2-1-3-7-18/h4-5,8-13,16,18H,1-3,6-7,14-15H2,(H2,25,28)(H,27,30). The summed E-state index contributed by atoms with van der Waals surface area (Å²) in [6.07, 6.45) is 6.79. The predicted molar refractivity (Wildman–Crippen MR) is 127 cm³/mol. The van der Waals surface area contributed by atoms with Crippen LogP contribution < -0.4 is 11.1 Å². The van der Waals surface area contributed by atoms with Gasteiger partial charge in [0, 0.05) is 28.7 Å². The summed E-state index contributed by atoms with van der Waals surface area (Å²) in [5.41, 5.74) is 8.89. The number of benzene rings is 1. The van der Waals surface area contributed by atoms with E-state index in [1.54, 1.807) is 11.1 Å². The van der Waals surface area contributed by atoms with E-state index in [0.29, 0.717) is 17.4 Å². The van der Waals surface area contributed by atoms with Gasteiger partial charge in [-0.25, -0.2) is 4.98 Å². The van der Waals surface area contributed by atoms with Crippen LogP contribution in [-0.4, -0.2) is 33.2 Å². The molecule has 1 aliphatic carbocycles. The van der Waals surface area contributed by atoms with E-state index >= 15 is 0 Å². The second-order valence-electron chi connectivity index (χ2n) is 8.05. The van der Waals surface area contributed by atoms with Crippen LogP contribution in [0, 0.1) is 5.92 Å². The maximum absolute atomic E-state index is 13.2. The van der Waals surface area contributed by atoms with Gasteiger partial charge in [-0.1, -0.05) is 37.5 Å². The molecule has 1 saturated carbocycles. The molecule has 32 heavy (non-hydrogen) atoms. The Balaban J connectivity index is 1.42. The van der Waals surface area contributed by atoms with Gasteiger partial charge in [0.2, 0.25) is 11.8 Å². The number of aromatic nitrogens is 2. The van der Waals surface area contributed by atoms with Crippen LogP contribution in [0.5, 0.6) is 0 Å². The lowest BCUT2D eigenvalue weighted by molar-refractivity contribution is -0.140. The molecular formula is C24H27N5O2S. The highest BCUT2D eigenvalue weighted by molar-refractivity contribution is 7.13. The van der Waals surface area contributed by atoms with E-state index in [-0.39, 0.29) is 24.3 Å². The monoisotopic (exact) mass is 449 g/mol. The molecule has 8 heteroatoms. The summed E-state index contributed by atoms with van der Waals surface area (Å²) >= 11 is 1.39. The zero-order valence-corrected chi connectivity index (χ0v) is 18.7. The Bertz CT molecular complexity index is 1050. The maximum atomic E-state index is 13.2. The van der Waals surface area contributed by atoms with E-state index in [4.69, 9.17) is 5.73 Å². The average molecular weight is 450 g/mol. The molecule has 3 N–H and O–H groups in total. The minimum absolute atomic E-state index is 0.00369. The largest absolute Gasteiger partial charge is 0.375 e. The number of amides is 2. The van der Waals surface area contributed by atoms with Crippen LogP contribution in [0.15, 0.2) is 54.0 Å². The van der Waals surface area contributed by atoms with Crippen LogP contribution in [0.2, 0.25) is 0 Å². The van der Waals surface area contributed by atoms with Gasteiger partial charge in [-0.05, 0) is 37.1 Å². The molecule has 1 fully saturated rings. The number of carbonyl (C=O) groups is 2. The second kappa shape index (κ2) is 10.4. The molecule has 0 spiro atoms. The van der Waals surface area contributed by atoms with Gasteiger partial charge < -0.3 is 16.0 Å². The number of hydrogen-bond acceptors (Lipinski definition) is 6. The van der Waals surface area contributed by atoms with Gasteiger partial charge in [0.25, 0.3) is 0 Å². The van der Waals surface area contributed by atoms with Gasteiger partial charge in [-0.3, -0.25) is 14.6 Å². The van der Waals surface area contributed by atoms with Crippen molar-refractivity contribution in [1.29, 1.82) is 0 Å². The fourth-order valence-electron chi connectivity index (χ4n) is 4.03. The number of pyridine rings is 1. The highest BCUT2D eigenvalue weighted by Crippen LogP contribution is 2.26. The maximum Gasteiger partial charge on any atom is 0.244 e. The summed E-state index contributed by atoms with van der Waals surface area (Å²) in [6.45, 7) is 0.323. The summed E-state index contributed by atoms with van der Waals surface area (Å²) < 4.78 is 0. The molecule has 0 atom stereocenters. The topological polar surface area (TPSA) is 101 Å². The van der Waals surface area contributed by atoms with Gasteiger partial charge >= 0.3 is 0 Å². The fraction of sp³-hybridized carbons (Fsp3) is 0.333. The number of hydrogen-bond donors (Lipinski definition) is 2. The van der Waals surface area contributed by atoms with E-state index in [1.165, 1.54) is 17.8 Å². The van der Waals surface area contributed by atoms with Crippen molar-refractivity contribution in [3.05, 3.63) is 59.7 Å². The predicted octanol–water partition coefficient (Wildman–Crippen LogP) is 4.33. The third-order valence-corrected chi connectivity index (χ3v) is 6.34. The van der Waals surface area contributed by atoms with Crippen LogP contribution in [0.1, 0.15) is 37.8 Å². The molecular weight excluding hydrogens is 422 g/mol. The second-order valence-corrected chi connectivity index (χ2v) is 8.94. The van der Waals surface area contributed by atoms with E-state index in [1.807, 2.05) is 47.8 Å². The number of thiazole rings is 1. The van der Waals surface area contributed by atoms with Gasteiger partial charge in [-0.2, -0.15) is 0 Å². The summed E-state index contributed by atoms with van der Waals surface area (Å²) in [4.78, 5) is 36.3. The first-order chi connectivity index (χ1) is 15.6. The van der Waals surface area contributed by atoms with Crippen molar-refractivity contribution in [3.8, 4) is 11.3 Å². The zero-order valence-electron chi connectivity index (χ0n) is 17.9. The molecule has 1 aliphatic rings. The van der Waals surface area contributed by atoms with Crippen LogP contribution in [0.25, 0.3) is 11.3 Å². The number of anilines is 2. The summed E-state index contributed by atoms with van der Waals surface area (Å²) in [7, 11) is 0. The molecule has 4 rings (SSSR count). The molecule has 1 aromatic carbocycles. The first kappa shape index (κ1) is 22.0. The van der Waals surface area contributed by atoms with Crippen molar-refractivity contribution in [1.82, 2.24) is 14.9 Å². The van der Waals surface area contributed by atoms with Crippen molar-refractivity contribution in [2.75, 3.05) is 17.6 Å². The van der Waals surface area contributed by atoms with E-state index in [2.05, 4.69) is 15.3 Å². The Hall–Kier alpha value is -3.26. The van der Waals surface area contributed by atoms with Crippen molar-refractivity contribution >= 4 is 34.0 Å². The molecule has 3 aromatic rings. The molecule has 0 unspecified atom stereocenters. The summed E-state index contributed by atoms with van der Waals surface area (Å²) in [5.74, 6) is -0.192. The molecule has 2 amide bonds. The van der Waals surface area contributed by atoms with Crippen LogP contribution >= 0.6 is 11.3 Å². The quantitative estimate of drug-likeness (QED) is 0.559. The van der Waals surface area contributed by atoms with E-state index in [9.17, 15) is 9.59 Å². The number of nitrogens with zero attached hydrogens (tertiary/aromatic N) is 3. The Morgan fingerprint density at radius 2 is 1.88 bits per heavy atom. The normalized spacial score (nSPS) is 14.1. The van der Waals surface area contributed by atoms with Crippen molar-refractivity contribution in [2.24, 2.45) is 5.92 Å². The average Bonchev–Trinajstić information content (AvgIpc) is 3.26. The van der Waals surface area contributed by atoms with Gasteiger partial charge in [0.05, 0.1) is 17.9 Å². The number of nitrogens with two attached hydrogens (primary N) is 1. The smallest absolute Gasteiger partial charge is 0.244 e. The molecule has 0 bridgehead atoms. The van der Waals surface area contributed by atoms with Gasteiger partial charge in [0.15, 0.2) is 5.13 Å². The first-order valence-electron chi connectivity index (χ1n) is 10.9. The first-order valence-corrected chi connectivity index (χ1v) is 11.8. The molecule has 166 valence electrons. The minimum atomic E-state index is -0.226.